The highest BCUT2D eigenvalue weighted by atomic mass is 16.5. The molecule has 1 amide bonds. The molecule has 5 heteroatoms. The SMILES string of the molecule is CCOc1ccccc1NC(=O)[C@@H]([NH2+][C@H](C)COC)c1ccccc1. The number of methoxy groups -OCH3 is 1. The lowest BCUT2D eigenvalue weighted by atomic mass is 10.0. The number of anilines is 1. The van der Waals surface area contributed by atoms with Crippen LogP contribution in [-0.2, 0) is 9.53 Å². The maximum atomic E-state index is 13.0. The van der Waals surface area contributed by atoms with E-state index in [2.05, 4.69) is 5.32 Å². The summed E-state index contributed by atoms with van der Waals surface area (Å²) in [5, 5.41) is 5.03. The third-order valence-electron chi connectivity index (χ3n) is 3.84. The first-order chi connectivity index (χ1) is 12.2. The molecule has 2 rings (SSSR count). The first kappa shape index (κ1) is 19.0. The van der Waals surface area contributed by atoms with Gasteiger partial charge in [0.25, 0.3) is 5.91 Å². The van der Waals surface area contributed by atoms with Crippen molar-refractivity contribution in [3.8, 4) is 5.75 Å². The predicted octanol–water partition coefficient (Wildman–Crippen LogP) is 2.36. The number of nitrogens with two attached hydrogens (primary N) is 1. The molecule has 0 aliphatic rings. The van der Waals surface area contributed by atoms with Crippen LogP contribution in [0.3, 0.4) is 0 Å². The van der Waals surface area contributed by atoms with Gasteiger partial charge in [-0.15, -0.1) is 0 Å². The van der Waals surface area contributed by atoms with Crippen LogP contribution in [0.25, 0.3) is 0 Å². The quantitative estimate of drug-likeness (QED) is 0.735. The average Bonchev–Trinajstić information content (AvgIpc) is 2.62. The molecule has 2 atom stereocenters. The highest BCUT2D eigenvalue weighted by Crippen LogP contribution is 2.24. The largest absolute Gasteiger partial charge is 0.492 e. The fourth-order valence-corrected chi connectivity index (χ4v) is 2.72. The fraction of sp³-hybridized carbons (Fsp3) is 0.350. The molecule has 3 N–H and O–H groups in total. The van der Waals surface area contributed by atoms with Gasteiger partial charge in [0.15, 0.2) is 6.04 Å². The lowest BCUT2D eigenvalue weighted by Crippen LogP contribution is -2.92. The zero-order chi connectivity index (χ0) is 18.1. The Morgan fingerprint density at radius 3 is 2.48 bits per heavy atom. The Bertz CT molecular complexity index is 661. The molecule has 0 bridgehead atoms. The molecule has 0 aliphatic heterocycles. The summed E-state index contributed by atoms with van der Waals surface area (Å²) in [6.45, 7) is 5.09. The summed E-state index contributed by atoms with van der Waals surface area (Å²) >= 11 is 0. The lowest BCUT2D eigenvalue weighted by Gasteiger charge is -2.20. The second-order valence-electron chi connectivity index (χ2n) is 5.93. The number of hydrogen-bond donors (Lipinski definition) is 2. The Labute approximate surface area is 149 Å². The maximum absolute atomic E-state index is 13.0. The monoisotopic (exact) mass is 343 g/mol. The molecular formula is C20H27N2O3+. The van der Waals surface area contributed by atoms with Crippen molar-refractivity contribution in [2.45, 2.75) is 25.9 Å². The number of para-hydroxylation sites is 2. The topological polar surface area (TPSA) is 64.2 Å². The number of rotatable bonds is 9. The first-order valence-corrected chi connectivity index (χ1v) is 8.57. The van der Waals surface area contributed by atoms with Crippen LogP contribution >= 0.6 is 0 Å². The van der Waals surface area contributed by atoms with Crippen molar-refractivity contribution >= 4 is 11.6 Å². The van der Waals surface area contributed by atoms with Crippen LogP contribution in [0.1, 0.15) is 25.5 Å². The number of amides is 1. The Kier molecular flexibility index (Phi) is 7.44. The molecule has 0 aliphatic carbocycles. The van der Waals surface area contributed by atoms with Gasteiger partial charge < -0.3 is 20.1 Å². The first-order valence-electron chi connectivity index (χ1n) is 8.57. The Balaban J connectivity index is 2.20. The van der Waals surface area contributed by atoms with Crippen LogP contribution in [-0.4, -0.2) is 32.3 Å². The van der Waals surface area contributed by atoms with Gasteiger partial charge in [-0.05, 0) is 26.0 Å². The number of hydrogen-bond acceptors (Lipinski definition) is 3. The molecule has 5 nitrogen and oxygen atoms in total. The lowest BCUT2D eigenvalue weighted by molar-refractivity contribution is -0.713. The molecule has 2 aromatic carbocycles. The molecule has 0 fully saturated rings. The van der Waals surface area contributed by atoms with Crippen LogP contribution < -0.4 is 15.4 Å². The predicted molar refractivity (Wildman–Crippen MR) is 98.7 cm³/mol. The maximum Gasteiger partial charge on any atom is 0.287 e. The minimum absolute atomic E-state index is 0.0821. The van der Waals surface area contributed by atoms with Crippen molar-refractivity contribution in [2.75, 3.05) is 25.6 Å². The summed E-state index contributed by atoms with van der Waals surface area (Å²) in [5.74, 6) is 0.594. The van der Waals surface area contributed by atoms with E-state index in [1.54, 1.807) is 7.11 Å². The van der Waals surface area contributed by atoms with Crippen LogP contribution in [0, 0.1) is 0 Å². The van der Waals surface area contributed by atoms with Crippen LogP contribution in [0.4, 0.5) is 5.69 Å². The van der Waals surface area contributed by atoms with Crippen molar-refractivity contribution in [1.82, 2.24) is 0 Å². The minimum Gasteiger partial charge on any atom is -0.492 e. The van der Waals surface area contributed by atoms with E-state index in [1.165, 1.54) is 0 Å². The number of ether oxygens (including phenoxy) is 2. The molecule has 0 spiro atoms. The highest BCUT2D eigenvalue weighted by Gasteiger charge is 2.27. The van der Waals surface area contributed by atoms with Crippen LogP contribution in [0.5, 0.6) is 5.75 Å². The van der Waals surface area contributed by atoms with Crippen LogP contribution in [0.2, 0.25) is 0 Å². The van der Waals surface area contributed by atoms with Gasteiger partial charge in [-0.25, -0.2) is 0 Å². The van der Waals surface area contributed by atoms with Gasteiger partial charge in [-0.2, -0.15) is 0 Å². The Hall–Kier alpha value is -2.37. The number of benzene rings is 2. The third-order valence-corrected chi connectivity index (χ3v) is 3.84. The van der Waals surface area contributed by atoms with Gasteiger partial charge >= 0.3 is 0 Å². The fourth-order valence-electron chi connectivity index (χ4n) is 2.72. The molecule has 2 aromatic rings. The van der Waals surface area contributed by atoms with E-state index in [9.17, 15) is 4.79 Å². The average molecular weight is 343 g/mol. The molecule has 0 unspecified atom stereocenters. The number of nitrogens with one attached hydrogen (secondary N) is 1. The molecular weight excluding hydrogens is 316 g/mol. The van der Waals surface area contributed by atoms with Gasteiger partial charge in [-0.1, -0.05) is 42.5 Å². The van der Waals surface area contributed by atoms with E-state index >= 15 is 0 Å². The van der Waals surface area contributed by atoms with Crippen LogP contribution in [0.15, 0.2) is 54.6 Å². The highest BCUT2D eigenvalue weighted by molar-refractivity contribution is 5.95. The van der Waals surface area contributed by atoms with Gasteiger partial charge in [0.2, 0.25) is 0 Å². The number of carbonyl (C=O) groups is 1. The summed E-state index contributed by atoms with van der Waals surface area (Å²) in [5.41, 5.74) is 1.64. The summed E-state index contributed by atoms with van der Waals surface area (Å²) in [6, 6.07) is 17.0. The molecule has 134 valence electrons. The van der Waals surface area contributed by atoms with Crippen molar-refractivity contribution in [1.29, 1.82) is 0 Å². The van der Waals surface area contributed by atoms with E-state index in [1.807, 2.05) is 73.8 Å². The summed E-state index contributed by atoms with van der Waals surface area (Å²) in [4.78, 5) is 13.0. The normalized spacial score (nSPS) is 13.1. The number of quaternary nitrogens is 1. The Morgan fingerprint density at radius 2 is 1.80 bits per heavy atom. The Morgan fingerprint density at radius 1 is 1.12 bits per heavy atom. The summed E-state index contributed by atoms with van der Waals surface area (Å²) in [6.07, 6.45) is 0. The van der Waals surface area contributed by atoms with Gasteiger partial charge in [0, 0.05) is 12.7 Å². The second-order valence-corrected chi connectivity index (χ2v) is 5.93. The van der Waals surface area contributed by atoms with Gasteiger partial charge in [0.05, 0.1) is 18.9 Å². The standard InChI is InChI=1S/C20H26N2O3/c1-4-25-18-13-9-8-12-17(18)22-20(23)19(21-15(2)14-24-3)16-10-6-5-7-11-16/h5-13,15,19,21H,4,14H2,1-3H3,(H,22,23)/p+1/t15-,19+/m1/s1. The number of carbonyl (C=O) groups excluding carboxylic acids is 1. The molecule has 0 heterocycles. The summed E-state index contributed by atoms with van der Waals surface area (Å²) < 4.78 is 10.8. The van der Waals surface area contributed by atoms with E-state index in [-0.39, 0.29) is 18.0 Å². The van der Waals surface area contributed by atoms with Crippen molar-refractivity contribution in [2.24, 2.45) is 0 Å². The molecule has 0 saturated carbocycles. The molecule has 0 radical (unpaired) electrons. The third kappa shape index (κ3) is 5.59. The van der Waals surface area contributed by atoms with Gasteiger partial charge in [-0.3, -0.25) is 4.79 Å². The van der Waals surface area contributed by atoms with Gasteiger partial charge in [0.1, 0.15) is 11.8 Å². The van der Waals surface area contributed by atoms with Crippen molar-refractivity contribution < 1.29 is 19.6 Å². The zero-order valence-electron chi connectivity index (χ0n) is 15.1. The smallest absolute Gasteiger partial charge is 0.287 e. The van der Waals surface area contributed by atoms with Crippen molar-refractivity contribution in [3.05, 3.63) is 60.2 Å². The zero-order valence-corrected chi connectivity index (χ0v) is 15.1. The van der Waals surface area contributed by atoms with E-state index in [0.717, 1.165) is 5.56 Å². The van der Waals surface area contributed by atoms with Crippen molar-refractivity contribution in [3.63, 3.8) is 0 Å². The van der Waals surface area contributed by atoms with E-state index < -0.39 is 0 Å². The summed E-state index contributed by atoms with van der Waals surface area (Å²) in [7, 11) is 1.67. The molecule has 25 heavy (non-hydrogen) atoms. The second kappa shape index (κ2) is 9.81. The molecule has 0 saturated heterocycles. The van der Waals surface area contributed by atoms with E-state index in [4.69, 9.17) is 9.47 Å². The minimum atomic E-state index is -0.360. The molecule has 0 aromatic heterocycles. The van der Waals surface area contributed by atoms with E-state index in [0.29, 0.717) is 24.7 Å².